The van der Waals surface area contributed by atoms with Crippen molar-refractivity contribution in [1.29, 1.82) is 0 Å². The van der Waals surface area contributed by atoms with Gasteiger partial charge in [0, 0.05) is 16.8 Å². The van der Waals surface area contributed by atoms with Crippen LogP contribution in [0.5, 0.6) is 0 Å². The summed E-state index contributed by atoms with van der Waals surface area (Å²) in [5.74, 6) is 0. The lowest BCUT2D eigenvalue weighted by Gasteiger charge is -2.16. The highest BCUT2D eigenvalue weighted by Gasteiger charge is 2.12. The van der Waals surface area contributed by atoms with Crippen LogP contribution in [-0.2, 0) is 0 Å². The minimum Gasteiger partial charge on any atom is -0.396 e. The Morgan fingerprint density at radius 1 is 0.889 bits per heavy atom. The fourth-order valence-corrected chi connectivity index (χ4v) is 3.12. The third kappa shape index (κ3) is 3.90. The van der Waals surface area contributed by atoms with Crippen molar-refractivity contribution >= 4 is 11.8 Å². The largest absolute Gasteiger partial charge is 0.396 e. The van der Waals surface area contributed by atoms with Crippen LogP contribution in [0, 0.1) is 0 Å². The molecule has 1 N–H and O–H groups in total. The van der Waals surface area contributed by atoms with E-state index < -0.39 is 0 Å². The minimum absolute atomic E-state index is 0.263. The van der Waals surface area contributed by atoms with E-state index in [9.17, 15) is 0 Å². The Labute approximate surface area is 113 Å². The van der Waals surface area contributed by atoms with E-state index >= 15 is 0 Å². The molecule has 0 radical (unpaired) electrons. The highest BCUT2D eigenvalue weighted by atomic mass is 32.2. The van der Waals surface area contributed by atoms with Gasteiger partial charge < -0.3 is 5.11 Å². The predicted octanol–water partition coefficient (Wildman–Crippen LogP) is 4.29. The van der Waals surface area contributed by atoms with Gasteiger partial charge in [-0.3, -0.25) is 0 Å². The third-order valence-corrected chi connectivity index (χ3v) is 4.15. The Morgan fingerprint density at radius 3 is 2.11 bits per heavy atom. The molecular formula is C16H18OS. The van der Waals surface area contributed by atoms with Crippen molar-refractivity contribution < 1.29 is 5.11 Å². The monoisotopic (exact) mass is 258 g/mol. The summed E-state index contributed by atoms with van der Waals surface area (Å²) in [4.78, 5) is 1.28. The molecule has 0 aromatic heterocycles. The second kappa shape index (κ2) is 7.24. The van der Waals surface area contributed by atoms with Gasteiger partial charge in [-0.15, -0.1) is 11.8 Å². The predicted molar refractivity (Wildman–Crippen MR) is 77.8 cm³/mol. The van der Waals surface area contributed by atoms with Gasteiger partial charge in [-0.25, -0.2) is 0 Å². The van der Waals surface area contributed by atoms with Crippen LogP contribution in [0.2, 0.25) is 0 Å². The van der Waals surface area contributed by atoms with E-state index in [1.807, 2.05) is 23.9 Å². The number of aliphatic hydroxyl groups excluding tert-OH is 1. The molecule has 0 saturated carbocycles. The fourth-order valence-electron chi connectivity index (χ4n) is 1.90. The van der Waals surface area contributed by atoms with Gasteiger partial charge in [0.25, 0.3) is 0 Å². The van der Waals surface area contributed by atoms with E-state index in [2.05, 4.69) is 48.5 Å². The zero-order valence-corrected chi connectivity index (χ0v) is 11.1. The molecule has 0 heterocycles. The van der Waals surface area contributed by atoms with E-state index in [4.69, 9.17) is 5.11 Å². The first-order valence-corrected chi connectivity index (χ1v) is 7.15. The number of rotatable bonds is 6. The van der Waals surface area contributed by atoms with E-state index in [-0.39, 0.29) is 6.61 Å². The summed E-state index contributed by atoms with van der Waals surface area (Å²) in [6.45, 7) is 0.263. The lowest BCUT2D eigenvalue weighted by Crippen LogP contribution is -1.96. The van der Waals surface area contributed by atoms with Crippen LogP contribution in [0.15, 0.2) is 65.6 Å². The molecule has 0 bridgehead atoms. The first-order valence-electron chi connectivity index (χ1n) is 6.27. The third-order valence-electron chi connectivity index (χ3n) is 2.82. The molecule has 1 unspecified atom stereocenters. The van der Waals surface area contributed by atoms with E-state index in [0.29, 0.717) is 5.25 Å². The van der Waals surface area contributed by atoms with E-state index in [1.54, 1.807) is 0 Å². The number of thioether (sulfide) groups is 1. The lowest BCUT2D eigenvalue weighted by atomic mass is 10.1. The average Bonchev–Trinajstić information content (AvgIpc) is 2.45. The first kappa shape index (κ1) is 13.2. The standard InChI is InChI=1S/C16H18OS/c17-13-7-12-16(14-8-3-1-4-9-14)18-15-10-5-2-6-11-15/h1-6,8-11,16-17H,7,12-13H2. The van der Waals surface area contributed by atoms with Crippen molar-refractivity contribution in [3.05, 3.63) is 66.2 Å². The maximum Gasteiger partial charge on any atom is 0.0431 e. The van der Waals surface area contributed by atoms with Crippen molar-refractivity contribution in [3.63, 3.8) is 0 Å². The Hall–Kier alpha value is -1.25. The average molecular weight is 258 g/mol. The highest BCUT2D eigenvalue weighted by Crippen LogP contribution is 2.38. The molecule has 2 aromatic carbocycles. The molecule has 1 nitrogen and oxygen atoms in total. The molecule has 18 heavy (non-hydrogen) atoms. The van der Waals surface area contributed by atoms with Gasteiger partial charge in [-0.1, -0.05) is 48.5 Å². The number of hydrogen-bond donors (Lipinski definition) is 1. The van der Waals surface area contributed by atoms with Crippen molar-refractivity contribution in [2.75, 3.05) is 6.61 Å². The summed E-state index contributed by atoms with van der Waals surface area (Å²) in [6, 6.07) is 21.0. The van der Waals surface area contributed by atoms with Crippen LogP contribution >= 0.6 is 11.8 Å². The molecule has 1 atom stereocenters. The molecule has 0 spiro atoms. The maximum atomic E-state index is 9.02. The Morgan fingerprint density at radius 2 is 1.50 bits per heavy atom. The van der Waals surface area contributed by atoms with Gasteiger partial charge >= 0.3 is 0 Å². The molecule has 0 aliphatic carbocycles. The van der Waals surface area contributed by atoms with E-state index in [0.717, 1.165) is 12.8 Å². The lowest BCUT2D eigenvalue weighted by molar-refractivity contribution is 0.284. The first-order chi connectivity index (χ1) is 8.90. The van der Waals surface area contributed by atoms with Crippen molar-refractivity contribution in [2.24, 2.45) is 0 Å². The van der Waals surface area contributed by atoms with Crippen molar-refractivity contribution in [3.8, 4) is 0 Å². The molecule has 0 aliphatic heterocycles. The van der Waals surface area contributed by atoms with Crippen LogP contribution in [0.4, 0.5) is 0 Å². The molecule has 2 rings (SSSR count). The molecule has 0 fully saturated rings. The second-order valence-corrected chi connectivity index (χ2v) is 5.47. The second-order valence-electron chi connectivity index (χ2n) is 4.20. The molecule has 94 valence electrons. The van der Waals surface area contributed by atoms with Crippen LogP contribution in [-0.4, -0.2) is 11.7 Å². The summed E-state index contributed by atoms with van der Waals surface area (Å²) in [5, 5.41) is 9.44. The van der Waals surface area contributed by atoms with Gasteiger partial charge in [-0.05, 0) is 30.5 Å². The van der Waals surface area contributed by atoms with Crippen LogP contribution in [0.1, 0.15) is 23.7 Å². The number of hydrogen-bond acceptors (Lipinski definition) is 2. The maximum absolute atomic E-state index is 9.02. The smallest absolute Gasteiger partial charge is 0.0431 e. The van der Waals surface area contributed by atoms with Gasteiger partial charge in [0.05, 0.1) is 0 Å². The Bertz CT molecular complexity index is 441. The molecule has 0 aliphatic rings. The Balaban J connectivity index is 2.10. The molecule has 2 heteroatoms. The highest BCUT2D eigenvalue weighted by molar-refractivity contribution is 7.99. The fraction of sp³-hybridized carbons (Fsp3) is 0.250. The van der Waals surface area contributed by atoms with Gasteiger partial charge in [-0.2, -0.15) is 0 Å². The normalized spacial score (nSPS) is 12.3. The molecule has 0 saturated heterocycles. The molecule has 2 aromatic rings. The van der Waals surface area contributed by atoms with E-state index in [1.165, 1.54) is 10.5 Å². The minimum atomic E-state index is 0.263. The number of benzene rings is 2. The van der Waals surface area contributed by atoms with Gasteiger partial charge in [0.15, 0.2) is 0 Å². The zero-order chi connectivity index (χ0) is 12.6. The quantitative estimate of drug-likeness (QED) is 0.780. The van der Waals surface area contributed by atoms with Crippen LogP contribution < -0.4 is 0 Å². The van der Waals surface area contributed by atoms with Gasteiger partial charge in [0.2, 0.25) is 0 Å². The van der Waals surface area contributed by atoms with Crippen molar-refractivity contribution in [1.82, 2.24) is 0 Å². The van der Waals surface area contributed by atoms with Crippen molar-refractivity contribution in [2.45, 2.75) is 23.0 Å². The summed E-state index contributed by atoms with van der Waals surface area (Å²) in [6.07, 6.45) is 1.85. The summed E-state index contributed by atoms with van der Waals surface area (Å²) in [7, 11) is 0. The topological polar surface area (TPSA) is 20.2 Å². The number of aliphatic hydroxyl groups is 1. The summed E-state index contributed by atoms with van der Waals surface area (Å²) in [5.41, 5.74) is 1.33. The zero-order valence-electron chi connectivity index (χ0n) is 10.3. The molecular weight excluding hydrogens is 240 g/mol. The van der Waals surface area contributed by atoms with Gasteiger partial charge in [0.1, 0.15) is 0 Å². The SMILES string of the molecule is OCCCC(Sc1ccccc1)c1ccccc1. The summed E-state index contributed by atoms with van der Waals surface area (Å²) < 4.78 is 0. The Kier molecular flexibility index (Phi) is 5.31. The molecule has 0 amide bonds. The van der Waals surface area contributed by atoms with Crippen LogP contribution in [0.3, 0.4) is 0 Å². The summed E-state index contributed by atoms with van der Waals surface area (Å²) >= 11 is 1.87. The van der Waals surface area contributed by atoms with Crippen LogP contribution in [0.25, 0.3) is 0 Å².